The number of allylic oxidation sites excluding steroid dienone is 2. The third-order valence-corrected chi connectivity index (χ3v) is 6.04. The largest absolute Gasteiger partial charge is 0.512 e. The van der Waals surface area contributed by atoms with Crippen LogP contribution in [0.4, 0.5) is 0 Å². The molecule has 5 rings (SSSR count). The molecule has 0 saturated carbocycles. The van der Waals surface area contributed by atoms with Crippen molar-refractivity contribution in [2.75, 3.05) is 0 Å². The normalized spacial score (nSPS) is 13.3. The summed E-state index contributed by atoms with van der Waals surface area (Å²) in [5, 5.41) is 10.8. The van der Waals surface area contributed by atoms with Gasteiger partial charge in [0.15, 0.2) is 5.78 Å². The molecule has 3 nitrogen and oxygen atoms in total. The van der Waals surface area contributed by atoms with Gasteiger partial charge in [0, 0.05) is 32.4 Å². The number of nitrogens with zero attached hydrogens (tertiary/aromatic N) is 1. The fraction of sp³-hybridized carbons (Fsp3) is 0.200. The zero-order chi connectivity index (χ0) is 23.8. The van der Waals surface area contributed by atoms with Gasteiger partial charge in [-0.05, 0) is 52.9 Å². The van der Waals surface area contributed by atoms with Crippen molar-refractivity contribution in [3.8, 4) is 22.4 Å². The van der Waals surface area contributed by atoms with Gasteiger partial charge in [-0.25, -0.2) is 0 Å². The van der Waals surface area contributed by atoms with Gasteiger partial charge in [-0.2, -0.15) is 0 Å². The Hall–Kier alpha value is -3.07. The molecule has 1 N–H and O–H groups in total. The second-order valence-corrected chi connectivity index (χ2v) is 9.06. The maximum atomic E-state index is 10.0. The number of benzene rings is 3. The molecule has 34 heavy (non-hydrogen) atoms. The fourth-order valence-corrected chi connectivity index (χ4v) is 4.77. The number of carbonyl (C=O) groups excluding carboxylic acids is 1. The first-order valence-electron chi connectivity index (χ1n) is 11.1. The van der Waals surface area contributed by atoms with Gasteiger partial charge in [-0.1, -0.05) is 74.9 Å². The van der Waals surface area contributed by atoms with Gasteiger partial charge in [0.2, 0.25) is 0 Å². The summed E-state index contributed by atoms with van der Waals surface area (Å²) in [6.07, 6.45) is 3.08. The Morgan fingerprint density at radius 2 is 1.68 bits per heavy atom. The zero-order valence-electron chi connectivity index (χ0n) is 20.1. The Morgan fingerprint density at radius 3 is 2.35 bits per heavy atom. The van der Waals surface area contributed by atoms with E-state index in [1.54, 1.807) is 0 Å². The maximum absolute atomic E-state index is 10.0. The molecular formula is C30H28IrNO2-. The predicted molar refractivity (Wildman–Crippen MR) is 135 cm³/mol. The molecule has 4 heteroatoms. The Kier molecular flexibility index (Phi) is 7.55. The number of pyridine rings is 1. The van der Waals surface area contributed by atoms with Crippen LogP contribution >= 0.6 is 0 Å². The van der Waals surface area contributed by atoms with E-state index in [9.17, 15) is 4.79 Å². The number of ketones is 1. The first-order valence-corrected chi connectivity index (χ1v) is 11.1. The minimum Gasteiger partial charge on any atom is -0.512 e. The molecule has 0 saturated heterocycles. The van der Waals surface area contributed by atoms with E-state index >= 15 is 0 Å². The van der Waals surface area contributed by atoms with Crippen molar-refractivity contribution in [1.82, 2.24) is 4.98 Å². The Balaban J connectivity index is 0.000000357. The van der Waals surface area contributed by atoms with Gasteiger partial charge in [0.1, 0.15) is 0 Å². The van der Waals surface area contributed by atoms with Crippen LogP contribution in [0.3, 0.4) is 0 Å². The summed E-state index contributed by atoms with van der Waals surface area (Å²) >= 11 is 0. The van der Waals surface area contributed by atoms with Gasteiger partial charge in [-0.15, -0.1) is 28.8 Å². The van der Waals surface area contributed by atoms with E-state index in [2.05, 4.69) is 87.5 Å². The second-order valence-electron chi connectivity index (χ2n) is 9.06. The predicted octanol–water partition coefficient (Wildman–Crippen LogP) is 7.35. The molecule has 0 fully saturated rings. The first-order chi connectivity index (χ1) is 15.7. The molecule has 1 heterocycles. The van der Waals surface area contributed by atoms with Gasteiger partial charge < -0.3 is 10.1 Å². The summed E-state index contributed by atoms with van der Waals surface area (Å²) in [5.74, 6) is -0.0625. The quantitative estimate of drug-likeness (QED) is 0.144. The van der Waals surface area contributed by atoms with Crippen LogP contribution < -0.4 is 0 Å². The molecule has 0 spiro atoms. The van der Waals surface area contributed by atoms with Gasteiger partial charge in [0.25, 0.3) is 0 Å². The van der Waals surface area contributed by atoms with Crippen molar-refractivity contribution >= 4 is 16.6 Å². The van der Waals surface area contributed by atoms with Gasteiger partial charge in [-0.3, -0.25) is 4.79 Å². The zero-order valence-corrected chi connectivity index (χ0v) is 22.5. The molecule has 1 aliphatic carbocycles. The average molecular weight is 627 g/mol. The fourth-order valence-electron chi connectivity index (χ4n) is 4.77. The van der Waals surface area contributed by atoms with E-state index in [0.29, 0.717) is 0 Å². The Labute approximate surface area is 214 Å². The van der Waals surface area contributed by atoms with Crippen LogP contribution in [0.5, 0.6) is 0 Å². The van der Waals surface area contributed by atoms with Crippen LogP contribution in [0.15, 0.2) is 78.7 Å². The third-order valence-electron chi connectivity index (χ3n) is 6.04. The van der Waals surface area contributed by atoms with Crippen LogP contribution in [-0.4, -0.2) is 15.9 Å². The molecule has 1 radical (unpaired) electrons. The number of hydrogen-bond donors (Lipinski definition) is 1. The molecule has 0 bridgehead atoms. The van der Waals surface area contributed by atoms with Crippen molar-refractivity contribution in [2.45, 2.75) is 40.0 Å². The van der Waals surface area contributed by atoms with Crippen molar-refractivity contribution in [3.05, 3.63) is 101 Å². The third kappa shape index (κ3) is 4.75. The maximum Gasteiger partial charge on any atom is 0.155 e. The van der Waals surface area contributed by atoms with Crippen LogP contribution in [0, 0.1) is 13.0 Å². The van der Waals surface area contributed by atoms with Crippen molar-refractivity contribution in [1.29, 1.82) is 0 Å². The van der Waals surface area contributed by atoms with E-state index in [-0.39, 0.29) is 37.1 Å². The molecular weight excluding hydrogens is 599 g/mol. The van der Waals surface area contributed by atoms with Crippen molar-refractivity contribution in [3.63, 3.8) is 0 Å². The summed E-state index contributed by atoms with van der Waals surface area (Å²) < 4.78 is 0. The summed E-state index contributed by atoms with van der Waals surface area (Å²) in [5.41, 5.74) is 8.65. The summed E-state index contributed by atoms with van der Waals surface area (Å²) in [6, 6.07) is 25.2. The van der Waals surface area contributed by atoms with Crippen LogP contribution in [0.25, 0.3) is 33.2 Å². The minimum absolute atomic E-state index is 0. The van der Waals surface area contributed by atoms with E-state index in [1.807, 2.05) is 6.20 Å². The average Bonchev–Trinajstić information content (AvgIpc) is 2.99. The molecule has 3 aromatic carbocycles. The SMILES string of the molecule is CC(=O)/C=C(/C)O.Cc1[c-]c(-c2nccc3ccccc23)c2c(c1)-c1ccccc1C2(C)C.[Ir]. The second kappa shape index (κ2) is 10.0. The van der Waals surface area contributed by atoms with Crippen LogP contribution in [0.1, 0.15) is 44.4 Å². The number of hydrogen-bond acceptors (Lipinski definition) is 3. The smallest absolute Gasteiger partial charge is 0.155 e. The van der Waals surface area contributed by atoms with E-state index < -0.39 is 0 Å². The first kappa shape index (κ1) is 25.6. The van der Waals surface area contributed by atoms with Gasteiger partial charge in [0.05, 0.1) is 5.76 Å². The number of aromatic nitrogens is 1. The molecule has 0 amide bonds. The number of carbonyl (C=O) groups is 1. The van der Waals surface area contributed by atoms with E-state index in [1.165, 1.54) is 52.9 Å². The van der Waals surface area contributed by atoms with E-state index in [0.717, 1.165) is 16.8 Å². The number of fused-ring (bicyclic) bond motifs is 4. The molecule has 1 aliphatic rings. The van der Waals surface area contributed by atoms with Crippen LogP contribution in [0.2, 0.25) is 0 Å². The van der Waals surface area contributed by atoms with E-state index in [4.69, 9.17) is 10.1 Å². The molecule has 1 aromatic heterocycles. The van der Waals surface area contributed by atoms with Crippen molar-refractivity contribution in [2.24, 2.45) is 0 Å². The topological polar surface area (TPSA) is 50.2 Å². The molecule has 0 atom stereocenters. The molecule has 175 valence electrons. The monoisotopic (exact) mass is 627 g/mol. The summed E-state index contributed by atoms with van der Waals surface area (Å²) in [6.45, 7) is 9.61. The van der Waals surface area contributed by atoms with Crippen molar-refractivity contribution < 1.29 is 30.0 Å². The summed E-state index contributed by atoms with van der Waals surface area (Å²) in [4.78, 5) is 14.8. The Morgan fingerprint density at radius 1 is 1.00 bits per heavy atom. The standard InChI is InChI=1S/C25H20N.C5H8O2.Ir/c1-16-14-20-19-10-6-7-11-22(19)25(2,3)23(20)21(15-16)24-18-9-5-4-8-17(18)12-13-26-24;1-4(6)3-5(2)7;/h4-14H,1-3H3;3,6H,1-2H3;/q-1;;/b;4-3-;. The Bertz CT molecular complexity index is 1390. The van der Waals surface area contributed by atoms with Gasteiger partial charge >= 0.3 is 0 Å². The molecule has 4 aromatic rings. The molecule has 0 aliphatic heterocycles. The minimum atomic E-state index is -0.125. The summed E-state index contributed by atoms with van der Waals surface area (Å²) in [7, 11) is 0. The number of aliphatic hydroxyl groups is 1. The molecule has 0 unspecified atom stereocenters. The number of rotatable bonds is 2. The van der Waals surface area contributed by atoms with Crippen LogP contribution in [-0.2, 0) is 30.3 Å². The number of aryl methyl sites for hydroxylation is 1. The number of aliphatic hydroxyl groups excluding tert-OH is 1.